The summed E-state index contributed by atoms with van der Waals surface area (Å²) in [5.74, 6) is 0.216. The Morgan fingerprint density at radius 3 is 2.82 bits per heavy atom. The summed E-state index contributed by atoms with van der Waals surface area (Å²) in [5.41, 5.74) is 0.397. The topological polar surface area (TPSA) is 46.5 Å². The Kier molecular flexibility index (Phi) is 5.58. The molecule has 0 unspecified atom stereocenters. The Labute approximate surface area is 108 Å². The first-order valence-corrected chi connectivity index (χ1v) is 6.07. The lowest BCUT2D eigenvalue weighted by Crippen LogP contribution is -2.24. The van der Waals surface area contributed by atoms with E-state index in [1.807, 2.05) is 0 Å². The number of alkyl halides is 1. The number of ether oxygens (including phenoxy) is 1. The van der Waals surface area contributed by atoms with Crippen molar-refractivity contribution in [3.63, 3.8) is 0 Å². The highest BCUT2D eigenvalue weighted by Gasteiger charge is 2.15. The van der Waals surface area contributed by atoms with Crippen molar-refractivity contribution in [1.29, 1.82) is 0 Å². The fourth-order valence-corrected chi connectivity index (χ4v) is 1.67. The molecular weight excluding hydrogens is 291 g/mol. The predicted molar refractivity (Wildman–Crippen MR) is 66.2 cm³/mol. The first-order chi connectivity index (χ1) is 8.12. The van der Waals surface area contributed by atoms with E-state index < -0.39 is 19.4 Å². The van der Waals surface area contributed by atoms with Gasteiger partial charge in [-0.2, -0.15) is 0 Å². The quantitative estimate of drug-likeness (QED) is 0.822. The number of rotatable bonds is 6. The molecule has 1 aromatic carbocycles. The van der Waals surface area contributed by atoms with Crippen molar-refractivity contribution >= 4 is 21.7 Å². The van der Waals surface area contributed by atoms with Gasteiger partial charge in [0, 0.05) is 10.9 Å². The molecule has 0 radical (unpaired) electrons. The van der Waals surface area contributed by atoms with Gasteiger partial charge in [-0.15, -0.1) is 0 Å². The lowest BCUT2D eigenvalue weighted by atomic mass is 10.1. The summed E-state index contributed by atoms with van der Waals surface area (Å²) in [6, 6.07) is 4.92. The molecule has 0 aliphatic rings. The fraction of sp³-hybridized carbons (Fsp3) is 0.417. The third kappa shape index (κ3) is 3.78. The zero-order chi connectivity index (χ0) is 12.8. The van der Waals surface area contributed by atoms with Gasteiger partial charge in [0.05, 0.1) is 12.2 Å². The maximum atomic E-state index is 12.5. The van der Waals surface area contributed by atoms with E-state index in [4.69, 9.17) is 9.84 Å². The second kappa shape index (κ2) is 6.71. The maximum Gasteiger partial charge on any atom is 0.166 e. The number of hydrogen-bond acceptors (Lipinski definition) is 3. The summed E-state index contributed by atoms with van der Waals surface area (Å²) >= 11 is 3.26. The van der Waals surface area contributed by atoms with Gasteiger partial charge in [0.15, 0.2) is 5.78 Å². The van der Waals surface area contributed by atoms with Crippen molar-refractivity contribution in [1.82, 2.24) is 0 Å². The van der Waals surface area contributed by atoms with Crippen LogP contribution in [0.2, 0.25) is 0 Å². The minimum Gasteiger partial charge on any atom is -0.485 e. The van der Waals surface area contributed by atoms with Crippen LogP contribution in [0.15, 0.2) is 22.7 Å². The third-order valence-electron chi connectivity index (χ3n) is 2.23. The van der Waals surface area contributed by atoms with Crippen molar-refractivity contribution in [2.24, 2.45) is 0 Å². The average molecular weight is 305 g/mol. The zero-order valence-electron chi connectivity index (χ0n) is 9.45. The summed E-state index contributed by atoms with van der Waals surface area (Å²) < 4.78 is 18.5. The standard InChI is InChI=1S/C12H14BrFO3/c1-2-11(16)10-5-8(13)3-4-12(10)17-9(6-14)7-15/h3-5,9,15H,2,6-7H2,1H3/t9-/m0/s1. The SMILES string of the molecule is CCC(=O)c1cc(Br)ccc1O[C@H](CO)CF. The first-order valence-electron chi connectivity index (χ1n) is 5.28. The van der Waals surface area contributed by atoms with Crippen LogP contribution in [0, 0.1) is 0 Å². The summed E-state index contributed by atoms with van der Waals surface area (Å²) in [6.45, 7) is 0.518. The van der Waals surface area contributed by atoms with Gasteiger partial charge >= 0.3 is 0 Å². The van der Waals surface area contributed by atoms with E-state index in [9.17, 15) is 9.18 Å². The highest BCUT2D eigenvalue weighted by atomic mass is 79.9. The normalized spacial score (nSPS) is 12.2. The number of Topliss-reactive ketones (excluding diaryl/α,β-unsaturated/α-hetero) is 1. The smallest absolute Gasteiger partial charge is 0.166 e. The van der Waals surface area contributed by atoms with Crippen molar-refractivity contribution < 1.29 is 19.0 Å². The second-order valence-corrected chi connectivity index (χ2v) is 4.41. The Morgan fingerprint density at radius 2 is 2.29 bits per heavy atom. The van der Waals surface area contributed by atoms with Gasteiger partial charge in [0.25, 0.3) is 0 Å². The van der Waals surface area contributed by atoms with Crippen LogP contribution >= 0.6 is 15.9 Å². The minimum absolute atomic E-state index is 0.0863. The molecule has 1 rings (SSSR count). The van der Waals surface area contributed by atoms with Crippen LogP contribution in [0.5, 0.6) is 5.75 Å². The molecule has 0 heterocycles. The number of benzene rings is 1. The van der Waals surface area contributed by atoms with Gasteiger partial charge in [0.1, 0.15) is 18.5 Å². The van der Waals surface area contributed by atoms with Gasteiger partial charge in [-0.3, -0.25) is 4.79 Å². The number of ketones is 1. The third-order valence-corrected chi connectivity index (χ3v) is 2.73. The van der Waals surface area contributed by atoms with E-state index >= 15 is 0 Å². The number of carbonyl (C=O) groups excluding carboxylic acids is 1. The average Bonchev–Trinajstić information content (AvgIpc) is 2.36. The molecular formula is C12H14BrFO3. The summed E-state index contributed by atoms with van der Waals surface area (Å²) in [4.78, 5) is 11.7. The largest absolute Gasteiger partial charge is 0.485 e. The predicted octanol–water partition coefficient (Wildman–Crippen LogP) is 2.75. The Bertz CT molecular complexity index is 391. The molecule has 0 aliphatic carbocycles. The molecule has 17 heavy (non-hydrogen) atoms. The molecule has 0 fully saturated rings. The molecule has 0 aromatic heterocycles. The highest BCUT2D eigenvalue weighted by Crippen LogP contribution is 2.25. The lowest BCUT2D eigenvalue weighted by Gasteiger charge is -2.16. The van der Waals surface area contributed by atoms with Crippen molar-refractivity contribution in [2.45, 2.75) is 19.4 Å². The van der Waals surface area contributed by atoms with E-state index in [2.05, 4.69) is 15.9 Å². The van der Waals surface area contributed by atoms with Crippen molar-refractivity contribution in [3.8, 4) is 5.75 Å². The van der Waals surface area contributed by atoms with Crippen LogP contribution in [-0.4, -0.2) is 30.3 Å². The summed E-state index contributed by atoms with van der Waals surface area (Å²) in [6.07, 6.45) is -0.591. The number of aliphatic hydroxyl groups excluding tert-OH is 1. The number of aliphatic hydroxyl groups is 1. The van der Waals surface area contributed by atoms with E-state index in [1.165, 1.54) is 0 Å². The van der Waals surface area contributed by atoms with E-state index in [1.54, 1.807) is 25.1 Å². The molecule has 0 spiro atoms. The van der Waals surface area contributed by atoms with Crippen LogP contribution in [0.25, 0.3) is 0 Å². The van der Waals surface area contributed by atoms with Gasteiger partial charge < -0.3 is 9.84 Å². The molecule has 0 saturated heterocycles. The first kappa shape index (κ1) is 14.1. The minimum atomic E-state index is -0.931. The second-order valence-electron chi connectivity index (χ2n) is 3.49. The summed E-state index contributed by atoms with van der Waals surface area (Å²) in [5, 5.41) is 8.87. The summed E-state index contributed by atoms with van der Waals surface area (Å²) in [7, 11) is 0. The number of hydrogen-bond donors (Lipinski definition) is 1. The molecule has 1 N–H and O–H groups in total. The molecule has 0 amide bonds. The Balaban J connectivity index is 3.01. The van der Waals surface area contributed by atoms with Gasteiger partial charge in [-0.25, -0.2) is 4.39 Å². The van der Waals surface area contributed by atoms with Crippen LogP contribution in [0.4, 0.5) is 4.39 Å². The lowest BCUT2D eigenvalue weighted by molar-refractivity contribution is 0.0880. The Hall–Kier alpha value is -0.940. The monoisotopic (exact) mass is 304 g/mol. The van der Waals surface area contributed by atoms with E-state index in [0.29, 0.717) is 17.7 Å². The van der Waals surface area contributed by atoms with Gasteiger partial charge in [-0.05, 0) is 18.2 Å². The van der Waals surface area contributed by atoms with Crippen LogP contribution in [0.3, 0.4) is 0 Å². The molecule has 1 aromatic rings. The molecule has 3 nitrogen and oxygen atoms in total. The maximum absolute atomic E-state index is 12.5. The molecule has 0 bridgehead atoms. The fourth-order valence-electron chi connectivity index (χ4n) is 1.31. The number of carbonyl (C=O) groups is 1. The van der Waals surface area contributed by atoms with Gasteiger partial charge in [0.2, 0.25) is 0 Å². The van der Waals surface area contributed by atoms with E-state index in [-0.39, 0.29) is 5.78 Å². The molecule has 0 aliphatic heterocycles. The highest BCUT2D eigenvalue weighted by molar-refractivity contribution is 9.10. The molecule has 1 atom stereocenters. The van der Waals surface area contributed by atoms with Crippen LogP contribution in [-0.2, 0) is 0 Å². The van der Waals surface area contributed by atoms with Crippen LogP contribution in [0.1, 0.15) is 23.7 Å². The zero-order valence-corrected chi connectivity index (χ0v) is 11.0. The molecule has 0 saturated carbocycles. The Morgan fingerprint density at radius 1 is 1.59 bits per heavy atom. The van der Waals surface area contributed by atoms with E-state index in [0.717, 1.165) is 4.47 Å². The molecule has 94 valence electrons. The molecule has 5 heteroatoms. The number of halogens is 2. The van der Waals surface area contributed by atoms with Crippen LogP contribution < -0.4 is 4.74 Å². The van der Waals surface area contributed by atoms with Gasteiger partial charge in [-0.1, -0.05) is 22.9 Å². The van der Waals surface area contributed by atoms with Crippen molar-refractivity contribution in [2.75, 3.05) is 13.3 Å². The van der Waals surface area contributed by atoms with Crippen molar-refractivity contribution in [3.05, 3.63) is 28.2 Å².